The molecule has 0 aliphatic rings. The van der Waals surface area contributed by atoms with E-state index in [1.807, 2.05) is 12.1 Å². The summed E-state index contributed by atoms with van der Waals surface area (Å²) in [6, 6.07) is 3.76. The molecule has 0 saturated heterocycles. The predicted molar refractivity (Wildman–Crippen MR) is 77.1 cm³/mol. The lowest BCUT2D eigenvalue weighted by atomic mass is 10.1. The van der Waals surface area contributed by atoms with Gasteiger partial charge in [0.25, 0.3) is 0 Å². The third-order valence-corrected chi connectivity index (χ3v) is 3.98. The Morgan fingerprint density at radius 3 is 2.41 bits per heavy atom. The molecule has 0 unspecified atom stereocenters. The molecule has 0 radical (unpaired) electrons. The third-order valence-electron chi connectivity index (χ3n) is 2.32. The molecule has 0 atom stereocenters. The zero-order valence-corrected chi connectivity index (χ0v) is 12.4. The van der Waals surface area contributed by atoms with Crippen LogP contribution in [0.15, 0.2) is 24.5 Å². The molecule has 0 fully saturated rings. The topological polar surface area (TPSA) is 38.7 Å². The molecule has 0 aliphatic heterocycles. The Morgan fingerprint density at radius 1 is 1.18 bits per heavy atom. The van der Waals surface area contributed by atoms with Gasteiger partial charge in [0, 0.05) is 18.0 Å². The van der Waals surface area contributed by atoms with Crippen molar-refractivity contribution >= 4 is 34.2 Å². The van der Waals surface area contributed by atoms with E-state index >= 15 is 0 Å². The molecule has 0 N–H and O–H groups in total. The first-order valence-corrected chi connectivity index (χ1v) is 6.68. The van der Waals surface area contributed by atoms with Crippen molar-refractivity contribution in [1.29, 1.82) is 0 Å². The van der Waals surface area contributed by atoms with Gasteiger partial charge >= 0.3 is 0 Å². The summed E-state index contributed by atoms with van der Waals surface area (Å²) in [5.41, 5.74) is 1.91. The van der Waals surface area contributed by atoms with Crippen molar-refractivity contribution in [3.05, 3.63) is 38.9 Å². The minimum atomic E-state index is 0.322. The maximum absolute atomic E-state index is 6.14. The van der Waals surface area contributed by atoms with Gasteiger partial charge in [-0.15, -0.1) is 0 Å². The van der Waals surface area contributed by atoms with Crippen LogP contribution in [0.1, 0.15) is 25.5 Å². The number of rotatable bonds is 2. The molecule has 0 bridgehead atoms. The number of hydrogen-bond donors (Lipinski definition) is 0. The molecule has 0 amide bonds. The minimum absolute atomic E-state index is 0.322. The van der Waals surface area contributed by atoms with Gasteiger partial charge in [0.1, 0.15) is 5.15 Å². The Morgan fingerprint density at radius 2 is 1.82 bits per heavy atom. The van der Waals surface area contributed by atoms with Gasteiger partial charge < -0.3 is 0 Å². The minimum Gasteiger partial charge on any atom is -0.265 e. The first-order chi connectivity index (χ1) is 8.09. The third kappa shape index (κ3) is 2.74. The first-order valence-electron chi connectivity index (χ1n) is 5.23. The van der Waals surface area contributed by atoms with Crippen molar-refractivity contribution in [3.63, 3.8) is 0 Å². The molecule has 0 spiro atoms. The lowest BCUT2D eigenvalue weighted by molar-refractivity contribution is 0.808. The standard InChI is InChI=1S/C12H11ClIN3/c1-7(2)10-9(14)11(13)17-12(16-10)8-3-5-15-6-4-8/h3-7H,1-2H3. The Hall–Kier alpha value is -0.750. The van der Waals surface area contributed by atoms with E-state index < -0.39 is 0 Å². The van der Waals surface area contributed by atoms with Crippen LogP contribution in [-0.2, 0) is 0 Å². The number of halogens is 2. The summed E-state index contributed by atoms with van der Waals surface area (Å²) in [5, 5.41) is 0.510. The summed E-state index contributed by atoms with van der Waals surface area (Å²) in [6.07, 6.45) is 3.44. The van der Waals surface area contributed by atoms with Gasteiger partial charge in [-0.05, 0) is 40.6 Å². The largest absolute Gasteiger partial charge is 0.265 e. The fraction of sp³-hybridized carbons (Fsp3) is 0.250. The highest BCUT2D eigenvalue weighted by atomic mass is 127. The van der Waals surface area contributed by atoms with E-state index in [9.17, 15) is 0 Å². The van der Waals surface area contributed by atoms with Crippen LogP contribution in [0.25, 0.3) is 11.4 Å². The van der Waals surface area contributed by atoms with Gasteiger partial charge in [-0.25, -0.2) is 9.97 Å². The van der Waals surface area contributed by atoms with Gasteiger partial charge in [-0.2, -0.15) is 0 Å². The Balaban J connectivity index is 2.57. The highest BCUT2D eigenvalue weighted by Crippen LogP contribution is 2.27. The first kappa shape index (κ1) is 12.7. The van der Waals surface area contributed by atoms with Crippen molar-refractivity contribution in [1.82, 2.24) is 15.0 Å². The van der Waals surface area contributed by atoms with Crippen LogP contribution in [0.5, 0.6) is 0 Å². The lowest BCUT2D eigenvalue weighted by Crippen LogP contribution is -2.02. The van der Waals surface area contributed by atoms with Crippen LogP contribution in [0.3, 0.4) is 0 Å². The summed E-state index contributed by atoms with van der Waals surface area (Å²) < 4.78 is 0.928. The molecular formula is C12H11ClIN3. The smallest absolute Gasteiger partial charge is 0.161 e. The van der Waals surface area contributed by atoms with E-state index in [1.165, 1.54) is 0 Å². The highest BCUT2D eigenvalue weighted by Gasteiger charge is 2.14. The monoisotopic (exact) mass is 359 g/mol. The van der Waals surface area contributed by atoms with Gasteiger partial charge in [-0.1, -0.05) is 25.4 Å². The molecule has 0 aliphatic carbocycles. The molecule has 5 heteroatoms. The maximum Gasteiger partial charge on any atom is 0.161 e. The Kier molecular flexibility index (Phi) is 3.93. The van der Waals surface area contributed by atoms with Gasteiger partial charge in [0.15, 0.2) is 5.82 Å². The molecular weight excluding hydrogens is 349 g/mol. The van der Waals surface area contributed by atoms with Crippen LogP contribution in [0, 0.1) is 3.57 Å². The highest BCUT2D eigenvalue weighted by molar-refractivity contribution is 14.1. The Bertz CT molecular complexity index is 529. The molecule has 2 aromatic heterocycles. The molecule has 88 valence electrons. The predicted octanol–water partition coefficient (Wildman–Crippen LogP) is 3.92. The maximum atomic E-state index is 6.14. The van der Waals surface area contributed by atoms with Crippen molar-refractivity contribution in [2.24, 2.45) is 0 Å². The van der Waals surface area contributed by atoms with E-state index in [0.29, 0.717) is 16.9 Å². The molecule has 17 heavy (non-hydrogen) atoms. The second-order valence-corrected chi connectivity index (χ2v) is 5.36. The second-order valence-electron chi connectivity index (χ2n) is 3.93. The van der Waals surface area contributed by atoms with E-state index in [-0.39, 0.29) is 0 Å². The molecule has 0 saturated carbocycles. The number of nitrogens with zero attached hydrogens (tertiary/aromatic N) is 3. The fourth-order valence-electron chi connectivity index (χ4n) is 1.45. The summed E-state index contributed by atoms with van der Waals surface area (Å²) in [5.74, 6) is 0.976. The number of aromatic nitrogens is 3. The van der Waals surface area contributed by atoms with E-state index in [2.05, 4.69) is 51.4 Å². The molecule has 0 aromatic carbocycles. The zero-order valence-electron chi connectivity index (χ0n) is 9.48. The van der Waals surface area contributed by atoms with Crippen LogP contribution in [-0.4, -0.2) is 15.0 Å². The Labute approximate surface area is 119 Å². The van der Waals surface area contributed by atoms with Gasteiger partial charge in [0.2, 0.25) is 0 Å². The van der Waals surface area contributed by atoms with Crippen LogP contribution < -0.4 is 0 Å². The lowest BCUT2D eigenvalue weighted by Gasteiger charge is -2.10. The summed E-state index contributed by atoms with van der Waals surface area (Å²) >= 11 is 8.33. The summed E-state index contributed by atoms with van der Waals surface area (Å²) in [7, 11) is 0. The average molecular weight is 360 g/mol. The van der Waals surface area contributed by atoms with E-state index in [1.54, 1.807) is 12.4 Å². The van der Waals surface area contributed by atoms with Crippen LogP contribution in [0.4, 0.5) is 0 Å². The van der Waals surface area contributed by atoms with Crippen molar-refractivity contribution in [2.45, 2.75) is 19.8 Å². The summed E-state index contributed by atoms with van der Waals surface area (Å²) in [6.45, 7) is 4.19. The summed E-state index contributed by atoms with van der Waals surface area (Å²) in [4.78, 5) is 12.9. The molecule has 3 nitrogen and oxygen atoms in total. The average Bonchev–Trinajstić information content (AvgIpc) is 2.33. The second kappa shape index (κ2) is 5.27. The number of hydrogen-bond acceptors (Lipinski definition) is 3. The van der Waals surface area contributed by atoms with Gasteiger partial charge in [-0.3, -0.25) is 4.98 Å². The molecule has 2 aromatic rings. The number of pyridine rings is 1. The quantitative estimate of drug-likeness (QED) is 0.602. The van der Waals surface area contributed by atoms with Crippen molar-refractivity contribution in [2.75, 3.05) is 0 Å². The van der Waals surface area contributed by atoms with Gasteiger partial charge in [0.05, 0.1) is 9.26 Å². The van der Waals surface area contributed by atoms with Crippen molar-refractivity contribution in [3.8, 4) is 11.4 Å². The van der Waals surface area contributed by atoms with E-state index in [0.717, 1.165) is 14.8 Å². The molecule has 2 heterocycles. The fourth-order valence-corrected chi connectivity index (χ4v) is 2.49. The zero-order chi connectivity index (χ0) is 12.4. The SMILES string of the molecule is CC(C)c1nc(-c2ccncc2)nc(Cl)c1I. The normalized spacial score (nSPS) is 10.9. The van der Waals surface area contributed by atoms with E-state index in [4.69, 9.17) is 11.6 Å². The molecule has 2 rings (SSSR count). The van der Waals surface area contributed by atoms with Crippen LogP contribution in [0.2, 0.25) is 5.15 Å². The van der Waals surface area contributed by atoms with Crippen LogP contribution >= 0.6 is 34.2 Å². The van der Waals surface area contributed by atoms with Crippen molar-refractivity contribution < 1.29 is 0 Å².